The van der Waals surface area contributed by atoms with Crippen LogP contribution in [0.15, 0.2) is 30.3 Å². The Kier molecular flexibility index (Phi) is 4.97. The summed E-state index contributed by atoms with van der Waals surface area (Å²) < 4.78 is 5.47. The first-order valence-corrected chi connectivity index (χ1v) is 7.18. The first-order valence-electron chi connectivity index (χ1n) is 7.18. The van der Waals surface area contributed by atoms with E-state index in [1.807, 2.05) is 0 Å². The second-order valence-electron chi connectivity index (χ2n) is 6.21. The van der Waals surface area contributed by atoms with Gasteiger partial charge >= 0.3 is 0 Å². The lowest BCUT2D eigenvalue weighted by Gasteiger charge is -2.36. The van der Waals surface area contributed by atoms with E-state index in [0.717, 1.165) is 32.8 Å². The predicted octanol–water partition coefficient (Wildman–Crippen LogP) is 2.45. The van der Waals surface area contributed by atoms with Crippen LogP contribution >= 0.6 is 0 Å². The molecule has 0 spiro atoms. The number of ether oxygens (including phenoxy) is 1. The number of rotatable bonds is 4. The van der Waals surface area contributed by atoms with Crippen LogP contribution in [0.4, 0.5) is 0 Å². The summed E-state index contributed by atoms with van der Waals surface area (Å²) in [6.45, 7) is 11.4. The van der Waals surface area contributed by atoms with Gasteiger partial charge in [-0.05, 0) is 26.3 Å². The van der Waals surface area contributed by atoms with Crippen molar-refractivity contribution in [3.63, 3.8) is 0 Å². The van der Waals surface area contributed by atoms with Gasteiger partial charge in [0.05, 0.1) is 13.2 Å². The van der Waals surface area contributed by atoms with Crippen LogP contribution in [0.5, 0.6) is 0 Å². The van der Waals surface area contributed by atoms with E-state index in [1.165, 1.54) is 5.56 Å². The van der Waals surface area contributed by atoms with Crippen molar-refractivity contribution in [2.45, 2.75) is 32.4 Å². The highest BCUT2D eigenvalue weighted by molar-refractivity contribution is 5.19. The molecule has 0 radical (unpaired) electrons. The van der Waals surface area contributed by atoms with E-state index < -0.39 is 0 Å². The fraction of sp³-hybridized carbons (Fsp3) is 0.625. The van der Waals surface area contributed by atoms with Crippen LogP contribution in [0.25, 0.3) is 0 Å². The maximum Gasteiger partial charge on any atom is 0.0594 e. The van der Waals surface area contributed by atoms with Crippen LogP contribution in [0, 0.1) is 0 Å². The Morgan fingerprint density at radius 3 is 2.37 bits per heavy atom. The van der Waals surface area contributed by atoms with Gasteiger partial charge in [0.1, 0.15) is 0 Å². The van der Waals surface area contributed by atoms with Gasteiger partial charge in [0.25, 0.3) is 0 Å². The molecular formula is C16H26N2O. The largest absolute Gasteiger partial charge is 0.379 e. The molecule has 2 rings (SSSR count). The molecule has 1 aliphatic heterocycles. The van der Waals surface area contributed by atoms with Crippen LogP contribution in [0.3, 0.4) is 0 Å². The average Bonchev–Trinajstić information content (AvgIpc) is 2.40. The smallest absolute Gasteiger partial charge is 0.0594 e. The minimum absolute atomic E-state index is 0.152. The summed E-state index contributed by atoms with van der Waals surface area (Å²) in [5, 5.41) is 3.64. The van der Waals surface area contributed by atoms with Crippen molar-refractivity contribution < 1.29 is 4.74 Å². The second-order valence-corrected chi connectivity index (χ2v) is 6.21. The Labute approximate surface area is 116 Å². The lowest BCUT2D eigenvalue weighted by molar-refractivity contribution is 0.0150. The van der Waals surface area contributed by atoms with E-state index in [1.54, 1.807) is 0 Å². The molecular weight excluding hydrogens is 236 g/mol. The van der Waals surface area contributed by atoms with Crippen molar-refractivity contribution in [2.24, 2.45) is 0 Å². The highest BCUT2D eigenvalue weighted by Gasteiger charge is 2.23. The predicted molar refractivity (Wildman–Crippen MR) is 79.3 cm³/mol. The van der Waals surface area contributed by atoms with E-state index in [4.69, 9.17) is 4.74 Å². The number of morpholine rings is 1. The number of nitrogens with one attached hydrogen (secondary N) is 1. The van der Waals surface area contributed by atoms with Crippen LogP contribution < -0.4 is 5.32 Å². The molecule has 1 heterocycles. The molecule has 0 aliphatic carbocycles. The van der Waals surface area contributed by atoms with Crippen LogP contribution in [-0.4, -0.2) is 43.3 Å². The third kappa shape index (κ3) is 4.60. The Morgan fingerprint density at radius 2 is 1.79 bits per heavy atom. The van der Waals surface area contributed by atoms with Crippen molar-refractivity contribution >= 4 is 0 Å². The molecule has 1 aliphatic rings. The van der Waals surface area contributed by atoms with E-state index in [9.17, 15) is 0 Å². The molecule has 1 aromatic rings. The third-order valence-corrected chi connectivity index (χ3v) is 3.50. The molecule has 1 N–H and O–H groups in total. The van der Waals surface area contributed by atoms with Crippen molar-refractivity contribution in [1.82, 2.24) is 10.2 Å². The molecule has 1 aromatic carbocycles. The molecule has 106 valence electrons. The van der Waals surface area contributed by atoms with Crippen LogP contribution in [0.2, 0.25) is 0 Å². The Morgan fingerprint density at radius 1 is 1.16 bits per heavy atom. The quantitative estimate of drug-likeness (QED) is 0.902. The topological polar surface area (TPSA) is 24.5 Å². The van der Waals surface area contributed by atoms with Gasteiger partial charge in [-0.15, -0.1) is 0 Å². The monoisotopic (exact) mass is 262 g/mol. The fourth-order valence-corrected chi connectivity index (χ4v) is 2.42. The van der Waals surface area contributed by atoms with Gasteiger partial charge in [0.2, 0.25) is 0 Å². The summed E-state index contributed by atoms with van der Waals surface area (Å²) in [5.74, 6) is 0. The minimum atomic E-state index is 0.152. The normalized spacial score (nSPS) is 19.3. The number of hydrogen-bond acceptors (Lipinski definition) is 3. The van der Waals surface area contributed by atoms with Crippen molar-refractivity contribution in [2.75, 3.05) is 32.8 Å². The van der Waals surface area contributed by atoms with E-state index >= 15 is 0 Å². The molecule has 0 aromatic heterocycles. The lowest BCUT2D eigenvalue weighted by Crippen LogP contribution is -2.46. The lowest BCUT2D eigenvalue weighted by atomic mass is 10.0. The SMILES string of the molecule is CC(C)(C)NCC(c1ccccc1)N1CCOCC1. The molecule has 1 atom stereocenters. The van der Waals surface area contributed by atoms with Crippen molar-refractivity contribution in [3.8, 4) is 0 Å². The second kappa shape index (κ2) is 6.51. The molecule has 19 heavy (non-hydrogen) atoms. The van der Waals surface area contributed by atoms with Crippen molar-refractivity contribution in [3.05, 3.63) is 35.9 Å². The summed E-state index contributed by atoms with van der Waals surface area (Å²) in [4.78, 5) is 2.53. The molecule has 1 unspecified atom stereocenters. The van der Waals surface area contributed by atoms with Gasteiger partial charge in [-0.25, -0.2) is 0 Å². The first kappa shape index (κ1) is 14.5. The standard InChI is InChI=1S/C16H26N2O/c1-16(2,3)17-13-15(14-7-5-4-6-8-14)18-9-11-19-12-10-18/h4-8,15,17H,9-13H2,1-3H3. The maximum absolute atomic E-state index is 5.47. The molecule has 1 saturated heterocycles. The molecule has 0 bridgehead atoms. The van der Waals surface area contributed by atoms with Gasteiger partial charge in [0.15, 0.2) is 0 Å². The zero-order valence-corrected chi connectivity index (χ0v) is 12.4. The highest BCUT2D eigenvalue weighted by atomic mass is 16.5. The van der Waals surface area contributed by atoms with E-state index in [2.05, 4.69) is 61.3 Å². The molecule has 3 heteroatoms. The summed E-state index contributed by atoms with van der Waals surface area (Å²) >= 11 is 0. The molecule has 3 nitrogen and oxygen atoms in total. The summed E-state index contributed by atoms with van der Waals surface area (Å²) in [6, 6.07) is 11.2. The molecule has 0 saturated carbocycles. The van der Waals surface area contributed by atoms with E-state index in [-0.39, 0.29) is 5.54 Å². The van der Waals surface area contributed by atoms with Gasteiger partial charge in [-0.2, -0.15) is 0 Å². The zero-order valence-electron chi connectivity index (χ0n) is 12.4. The third-order valence-electron chi connectivity index (χ3n) is 3.50. The van der Waals surface area contributed by atoms with Gasteiger partial charge < -0.3 is 10.1 Å². The highest BCUT2D eigenvalue weighted by Crippen LogP contribution is 2.21. The van der Waals surface area contributed by atoms with Crippen LogP contribution in [0.1, 0.15) is 32.4 Å². The van der Waals surface area contributed by atoms with Gasteiger partial charge in [0, 0.05) is 31.2 Å². The summed E-state index contributed by atoms with van der Waals surface area (Å²) in [7, 11) is 0. The number of hydrogen-bond donors (Lipinski definition) is 1. The van der Waals surface area contributed by atoms with Gasteiger partial charge in [-0.3, -0.25) is 4.90 Å². The Balaban J connectivity index is 2.08. The molecule has 1 fully saturated rings. The summed E-state index contributed by atoms with van der Waals surface area (Å²) in [6.07, 6.45) is 0. The Hall–Kier alpha value is -0.900. The number of nitrogens with zero attached hydrogens (tertiary/aromatic N) is 1. The van der Waals surface area contributed by atoms with E-state index in [0.29, 0.717) is 6.04 Å². The molecule has 0 amide bonds. The van der Waals surface area contributed by atoms with Crippen LogP contribution in [-0.2, 0) is 4.74 Å². The Bertz CT molecular complexity index is 366. The average molecular weight is 262 g/mol. The summed E-state index contributed by atoms with van der Waals surface area (Å²) in [5.41, 5.74) is 1.54. The zero-order chi connectivity index (χ0) is 13.7. The minimum Gasteiger partial charge on any atom is -0.379 e. The fourth-order valence-electron chi connectivity index (χ4n) is 2.42. The first-order chi connectivity index (χ1) is 9.06. The van der Waals surface area contributed by atoms with Crippen molar-refractivity contribution in [1.29, 1.82) is 0 Å². The number of benzene rings is 1. The van der Waals surface area contributed by atoms with Gasteiger partial charge in [-0.1, -0.05) is 30.3 Å². The maximum atomic E-state index is 5.47.